The van der Waals surface area contributed by atoms with E-state index in [0.29, 0.717) is 5.11 Å². The number of halogens is 1. The van der Waals surface area contributed by atoms with E-state index in [-0.39, 0.29) is 0 Å². The highest BCUT2D eigenvalue weighted by Crippen LogP contribution is 2.25. The first kappa shape index (κ1) is 21.9. The number of benzene rings is 2. The zero-order valence-corrected chi connectivity index (χ0v) is 19.2. The Morgan fingerprint density at radius 1 is 1.00 bits per heavy atom. The lowest BCUT2D eigenvalue weighted by Gasteiger charge is -2.37. The summed E-state index contributed by atoms with van der Waals surface area (Å²) >= 11 is 11.6. The Kier molecular flexibility index (Phi) is 7.76. The van der Waals surface area contributed by atoms with Gasteiger partial charge >= 0.3 is 0 Å². The van der Waals surface area contributed by atoms with E-state index in [1.54, 1.807) is 0 Å². The molecule has 0 aliphatic carbocycles. The molecular weight excluding hydrogens is 400 g/mol. The average molecular weight is 431 g/mol. The summed E-state index contributed by atoms with van der Waals surface area (Å²) in [4.78, 5) is 4.97. The molecule has 1 fully saturated rings. The van der Waals surface area contributed by atoms with Crippen molar-refractivity contribution < 1.29 is 0 Å². The SMILES string of the molecule is Cc1ccc(Cl)cc1N1CCN(CCCNC(=S)Nc2c(C)cccc2C)CC1. The third kappa shape index (κ3) is 6.08. The normalized spacial score (nSPS) is 14.7. The first-order valence-electron chi connectivity index (χ1n) is 10.3. The van der Waals surface area contributed by atoms with Crippen LogP contribution in [0, 0.1) is 20.8 Å². The molecule has 6 heteroatoms. The van der Waals surface area contributed by atoms with Gasteiger partial charge in [0.1, 0.15) is 0 Å². The number of anilines is 2. The zero-order chi connectivity index (χ0) is 20.8. The quantitative estimate of drug-likeness (QED) is 0.509. The standard InChI is InChI=1S/C23H31ClN4S/c1-17-8-9-20(24)16-21(17)28-14-12-27(13-15-28)11-5-10-25-23(29)26-22-18(2)6-4-7-19(22)3/h4,6-9,16H,5,10-15H2,1-3H3,(H2,25,26,29). The second-order valence-electron chi connectivity index (χ2n) is 7.76. The van der Waals surface area contributed by atoms with Gasteiger partial charge in [0.25, 0.3) is 0 Å². The van der Waals surface area contributed by atoms with Crippen LogP contribution in [-0.2, 0) is 0 Å². The number of hydrogen-bond donors (Lipinski definition) is 2. The maximum absolute atomic E-state index is 6.18. The predicted octanol–water partition coefficient (Wildman–Crippen LogP) is 4.76. The lowest BCUT2D eigenvalue weighted by molar-refractivity contribution is 0.255. The largest absolute Gasteiger partial charge is 0.369 e. The number of thiocarbonyl (C=S) groups is 1. The smallest absolute Gasteiger partial charge is 0.170 e. The number of para-hydroxylation sites is 1. The zero-order valence-electron chi connectivity index (χ0n) is 17.6. The Morgan fingerprint density at radius 2 is 1.69 bits per heavy atom. The Bertz CT molecular complexity index is 827. The minimum absolute atomic E-state index is 0.698. The molecule has 1 saturated heterocycles. The minimum atomic E-state index is 0.698. The Labute approximate surface area is 185 Å². The van der Waals surface area contributed by atoms with Crippen LogP contribution < -0.4 is 15.5 Å². The molecule has 3 rings (SSSR count). The molecule has 1 heterocycles. The highest BCUT2D eigenvalue weighted by molar-refractivity contribution is 7.80. The molecule has 2 aromatic carbocycles. The van der Waals surface area contributed by atoms with E-state index in [0.717, 1.165) is 56.4 Å². The van der Waals surface area contributed by atoms with Crippen molar-refractivity contribution in [2.24, 2.45) is 0 Å². The van der Waals surface area contributed by atoms with E-state index in [1.165, 1.54) is 22.4 Å². The molecule has 0 saturated carbocycles. The molecule has 0 spiro atoms. The van der Waals surface area contributed by atoms with Gasteiger partial charge in [-0.15, -0.1) is 0 Å². The van der Waals surface area contributed by atoms with Crippen LogP contribution in [0.1, 0.15) is 23.1 Å². The second kappa shape index (κ2) is 10.3. The van der Waals surface area contributed by atoms with E-state index in [9.17, 15) is 0 Å². The van der Waals surface area contributed by atoms with Gasteiger partial charge in [0.05, 0.1) is 0 Å². The predicted molar refractivity (Wildman–Crippen MR) is 130 cm³/mol. The fraction of sp³-hybridized carbons (Fsp3) is 0.435. The monoisotopic (exact) mass is 430 g/mol. The molecule has 0 bridgehead atoms. The van der Waals surface area contributed by atoms with Crippen molar-refractivity contribution in [1.82, 2.24) is 10.2 Å². The number of aryl methyl sites for hydroxylation is 3. The van der Waals surface area contributed by atoms with Gasteiger partial charge in [-0.25, -0.2) is 0 Å². The van der Waals surface area contributed by atoms with Gasteiger partial charge < -0.3 is 15.5 Å². The first-order valence-corrected chi connectivity index (χ1v) is 11.1. The molecule has 29 heavy (non-hydrogen) atoms. The molecule has 156 valence electrons. The van der Waals surface area contributed by atoms with Crippen LogP contribution in [0.3, 0.4) is 0 Å². The van der Waals surface area contributed by atoms with E-state index in [4.69, 9.17) is 23.8 Å². The van der Waals surface area contributed by atoms with Crippen LogP contribution in [-0.4, -0.2) is 49.3 Å². The van der Waals surface area contributed by atoms with E-state index < -0.39 is 0 Å². The van der Waals surface area contributed by atoms with E-state index in [1.807, 2.05) is 6.07 Å². The Hall–Kier alpha value is -1.82. The van der Waals surface area contributed by atoms with Gasteiger partial charge in [-0.3, -0.25) is 4.90 Å². The summed E-state index contributed by atoms with van der Waals surface area (Å²) < 4.78 is 0. The fourth-order valence-electron chi connectivity index (χ4n) is 3.81. The highest BCUT2D eigenvalue weighted by Gasteiger charge is 2.18. The van der Waals surface area contributed by atoms with Crippen LogP contribution in [0.25, 0.3) is 0 Å². The number of piperazine rings is 1. The first-order chi connectivity index (χ1) is 13.9. The van der Waals surface area contributed by atoms with Gasteiger partial charge in [0, 0.05) is 49.1 Å². The fourth-order valence-corrected chi connectivity index (χ4v) is 4.18. The number of hydrogen-bond acceptors (Lipinski definition) is 3. The molecular formula is C23H31ClN4S. The van der Waals surface area contributed by atoms with Gasteiger partial charge in [-0.2, -0.15) is 0 Å². The molecule has 2 N–H and O–H groups in total. The molecule has 1 aliphatic rings. The van der Waals surface area contributed by atoms with E-state index >= 15 is 0 Å². The summed E-state index contributed by atoms with van der Waals surface area (Å²) in [6.07, 6.45) is 1.07. The third-order valence-corrected chi connectivity index (χ3v) is 6.02. The number of nitrogens with one attached hydrogen (secondary N) is 2. The summed E-state index contributed by atoms with van der Waals surface area (Å²) in [5, 5.41) is 8.19. The molecule has 0 radical (unpaired) electrons. The van der Waals surface area contributed by atoms with Crippen molar-refractivity contribution in [3.63, 3.8) is 0 Å². The van der Waals surface area contributed by atoms with Crippen molar-refractivity contribution in [3.05, 3.63) is 58.1 Å². The lowest BCUT2D eigenvalue weighted by atomic mass is 10.1. The summed E-state index contributed by atoms with van der Waals surface area (Å²) in [5.41, 5.74) is 6.08. The summed E-state index contributed by atoms with van der Waals surface area (Å²) in [6, 6.07) is 12.4. The van der Waals surface area contributed by atoms with Gasteiger partial charge in [0.2, 0.25) is 0 Å². The molecule has 1 aliphatic heterocycles. The molecule has 0 unspecified atom stereocenters. The van der Waals surface area contributed by atoms with Crippen LogP contribution in [0.5, 0.6) is 0 Å². The maximum atomic E-state index is 6.18. The highest BCUT2D eigenvalue weighted by atomic mass is 35.5. The van der Waals surface area contributed by atoms with Crippen LogP contribution in [0.4, 0.5) is 11.4 Å². The van der Waals surface area contributed by atoms with Gasteiger partial charge in [-0.05, 0) is 74.8 Å². The third-order valence-electron chi connectivity index (χ3n) is 5.54. The lowest BCUT2D eigenvalue weighted by Crippen LogP contribution is -2.47. The minimum Gasteiger partial charge on any atom is -0.369 e. The van der Waals surface area contributed by atoms with Crippen molar-refractivity contribution >= 4 is 40.3 Å². The molecule has 0 amide bonds. The van der Waals surface area contributed by atoms with Crippen LogP contribution >= 0.6 is 23.8 Å². The average Bonchev–Trinajstić information content (AvgIpc) is 2.70. The van der Waals surface area contributed by atoms with Crippen molar-refractivity contribution in [2.75, 3.05) is 49.5 Å². The van der Waals surface area contributed by atoms with Crippen molar-refractivity contribution in [3.8, 4) is 0 Å². The maximum Gasteiger partial charge on any atom is 0.170 e. The Balaban J connectivity index is 1.37. The van der Waals surface area contributed by atoms with E-state index in [2.05, 4.69) is 71.5 Å². The summed E-state index contributed by atoms with van der Waals surface area (Å²) in [6.45, 7) is 12.6. The Morgan fingerprint density at radius 3 is 2.38 bits per heavy atom. The molecule has 2 aromatic rings. The topological polar surface area (TPSA) is 30.5 Å². The number of rotatable bonds is 6. The summed E-state index contributed by atoms with van der Waals surface area (Å²) in [5.74, 6) is 0. The number of nitrogens with zero attached hydrogens (tertiary/aromatic N) is 2. The van der Waals surface area contributed by atoms with Crippen LogP contribution in [0.2, 0.25) is 5.02 Å². The van der Waals surface area contributed by atoms with Crippen molar-refractivity contribution in [2.45, 2.75) is 27.2 Å². The van der Waals surface area contributed by atoms with Gasteiger partial charge in [-0.1, -0.05) is 35.9 Å². The van der Waals surface area contributed by atoms with Crippen LogP contribution in [0.15, 0.2) is 36.4 Å². The van der Waals surface area contributed by atoms with Crippen molar-refractivity contribution in [1.29, 1.82) is 0 Å². The van der Waals surface area contributed by atoms with Gasteiger partial charge in [0.15, 0.2) is 5.11 Å². The molecule has 4 nitrogen and oxygen atoms in total. The summed E-state index contributed by atoms with van der Waals surface area (Å²) in [7, 11) is 0. The second-order valence-corrected chi connectivity index (χ2v) is 8.61. The molecule has 0 aromatic heterocycles. The molecule has 0 atom stereocenters.